The van der Waals surface area contributed by atoms with E-state index < -0.39 is 0 Å². The standard InChI is InChI=1S/C14H18N4O/c1-3-6-10-7-4-5-8-11(10)16-12-9-13(19-2)18-14(15)17-12/h4-5,7-9H,3,6H2,1-2H3,(H3,15,16,17,18). The molecule has 0 amide bonds. The quantitative estimate of drug-likeness (QED) is 0.862. The van der Waals surface area contributed by atoms with Crippen molar-refractivity contribution in [3.05, 3.63) is 35.9 Å². The Morgan fingerprint density at radius 1 is 1.26 bits per heavy atom. The van der Waals surface area contributed by atoms with E-state index in [1.807, 2.05) is 18.2 Å². The zero-order valence-electron chi connectivity index (χ0n) is 11.2. The van der Waals surface area contributed by atoms with E-state index in [1.165, 1.54) is 5.56 Å². The Bertz CT molecular complexity index is 557. The van der Waals surface area contributed by atoms with Gasteiger partial charge in [0.05, 0.1) is 7.11 Å². The van der Waals surface area contributed by atoms with E-state index >= 15 is 0 Å². The summed E-state index contributed by atoms with van der Waals surface area (Å²) in [5.74, 6) is 1.27. The number of nitrogens with two attached hydrogens (primary N) is 1. The fourth-order valence-electron chi connectivity index (χ4n) is 1.88. The number of nitrogen functional groups attached to an aromatic ring is 1. The minimum absolute atomic E-state index is 0.190. The number of para-hydroxylation sites is 1. The number of aryl methyl sites for hydroxylation is 1. The minimum Gasteiger partial charge on any atom is -0.481 e. The van der Waals surface area contributed by atoms with Crippen molar-refractivity contribution >= 4 is 17.5 Å². The molecule has 1 aromatic carbocycles. The first-order valence-electron chi connectivity index (χ1n) is 6.26. The van der Waals surface area contributed by atoms with Crippen LogP contribution in [0.5, 0.6) is 5.88 Å². The van der Waals surface area contributed by atoms with Crippen molar-refractivity contribution in [2.45, 2.75) is 19.8 Å². The molecule has 0 aliphatic heterocycles. The highest BCUT2D eigenvalue weighted by atomic mass is 16.5. The molecular weight excluding hydrogens is 240 g/mol. The van der Waals surface area contributed by atoms with Gasteiger partial charge in [0.25, 0.3) is 0 Å². The average Bonchev–Trinajstić information content (AvgIpc) is 2.40. The molecule has 5 heteroatoms. The number of nitrogens with one attached hydrogen (secondary N) is 1. The molecule has 1 aromatic heterocycles. The molecule has 3 N–H and O–H groups in total. The number of hydrogen-bond donors (Lipinski definition) is 2. The molecule has 19 heavy (non-hydrogen) atoms. The molecule has 0 atom stereocenters. The van der Waals surface area contributed by atoms with Crippen molar-refractivity contribution in [3.63, 3.8) is 0 Å². The molecule has 0 fully saturated rings. The van der Waals surface area contributed by atoms with Crippen LogP contribution in [0.2, 0.25) is 0 Å². The predicted molar refractivity (Wildman–Crippen MR) is 76.7 cm³/mol. The highest BCUT2D eigenvalue weighted by Crippen LogP contribution is 2.23. The summed E-state index contributed by atoms with van der Waals surface area (Å²) in [7, 11) is 1.55. The maximum Gasteiger partial charge on any atom is 0.225 e. The van der Waals surface area contributed by atoms with Crippen LogP contribution in [0.4, 0.5) is 17.5 Å². The Hall–Kier alpha value is -2.30. The van der Waals surface area contributed by atoms with Crippen LogP contribution in [0.1, 0.15) is 18.9 Å². The van der Waals surface area contributed by atoms with Gasteiger partial charge in [-0.05, 0) is 18.1 Å². The summed E-state index contributed by atoms with van der Waals surface area (Å²) in [6, 6.07) is 9.87. The summed E-state index contributed by atoms with van der Waals surface area (Å²) in [6.07, 6.45) is 2.11. The Labute approximate surface area is 112 Å². The number of nitrogens with zero attached hydrogens (tertiary/aromatic N) is 2. The molecule has 0 spiro atoms. The molecule has 1 heterocycles. The van der Waals surface area contributed by atoms with E-state index in [0.717, 1.165) is 18.5 Å². The maximum atomic E-state index is 5.64. The third kappa shape index (κ3) is 3.34. The molecule has 0 unspecified atom stereocenters. The van der Waals surface area contributed by atoms with Crippen LogP contribution in [-0.2, 0) is 6.42 Å². The molecular formula is C14H18N4O. The van der Waals surface area contributed by atoms with E-state index in [4.69, 9.17) is 10.5 Å². The Morgan fingerprint density at radius 2 is 2.05 bits per heavy atom. The third-order valence-electron chi connectivity index (χ3n) is 2.73. The van der Waals surface area contributed by atoms with Crippen LogP contribution in [-0.4, -0.2) is 17.1 Å². The summed E-state index contributed by atoms with van der Waals surface area (Å²) in [4.78, 5) is 8.11. The Morgan fingerprint density at radius 3 is 2.79 bits per heavy atom. The first-order valence-corrected chi connectivity index (χ1v) is 6.26. The van der Waals surface area contributed by atoms with Gasteiger partial charge in [-0.2, -0.15) is 9.97 Å². The summed E-state index contributed by atoms with van der Waals surface area (Å²) in [5, 5.41) is 3.26. The van der Waals surface area contributed by atoms with Gasteiger partial charge in [0.2, 0.25) is 11.8 Å². The van der Waals surface area contributed by atoms with Crippen LogP contribution < -0.4 is 15.8 Å². The number of ether oxygens (including phenoxy) is 1. The van der Waals surface area contributed by atoms with Crippen molar-refractivity contribution < 1.29 is 4.74 Å². The Kier molecular flexibility index (Phi) is 4.18. The molecule has 0 radical (unpaired) electrons. The van der Waals surface area contributed by atoms with Gasteiger partial charge in [0.15, 0.2) is 0 Å². The fourth-order valence-corrected chi connectivity index (χ4v) is 1.88. The molecule has 5 nitrogen and oxygen atoms in total. The average molecular weight is 258 g/mol. The number of benzene rings is 1. The number of aromatic nitrogens is 2. The first-order chi connectivity index (χ1) is 9.22. The predicted octanol–water partition coefficient (Wildman–Crippen LogP) is 2.76. The summed E-state index contributed by atoms with van der Waals surface area (Å²) < 4.78 is 5.08. The lowest BCUT2D eigenvalue weighted by Crippen LogP contribution is -2.03. The lowest BCUT2D eigenvalue weighted by Gasteiger charge is -2.11. The smallest absolute Gasteiger partial charge is 0.225 e. The van der Waals surface area contributed by atoms with Crippen LogP contribution >= 0.6 is 0 Å². The largest absolute Gasteiger partial charge is 0.481 e. The topological polar surface area (TPSA) is 73.1 Å². The summed E-state index contributed by atoms with van der Waals surface area (Å²) in [6.45, 7) is 2.16. The molecule has 2 aromatic rings. The second-order valence-corrected chi connectivity index (χ2v) is 4.19. The monoisotopic (exact) mass is 258 g/mol. The van der Waals surface area contributed by atoms with Crippen LogP contribution in [0.25, 0.3) is 0 Å². The number of anilines is 3. The zero-order chi connectivity index (χ0) is 13.7. The van der Waals surface area contributed by atoms with E-state index in [1.54, 1.807) is 13.2 Å². The lowest BCUT2D eigenvalue weighted by atomic mass is 10.1. The van der Waals surface area contributed by atoms with Gasteiger partial charge in [-0.3, -0.25) is 0 Å². The van der Waals surface area contributed by atoms with Crippen LogP contribution in [0.15, 0.2) is 30.3 Å². The van der Waals surface area contributed by atoms with Crippen LogP contribution in [0.3, 0.4) is 0 Å². The zero-order valence-corrected chi connectivity index (χ0v) is 11.2. The third-order valence-corrected chi connectivity index (χ3v) is 2.73. The number of methoxy groups -OCH3 is 1. The maximum absolute atomic E-state index is 5.64. The second kappa shape index (κ2) is 6.04. The van der Waals surface area contributed by atoms with Crippen molar-refractivity contribution in [1.82, 2.24) is 9.97 Å². The fraction of sp³-hybridized carbons (Fsp3) is 0.286. The number of rotatable bonds is 5. The molecule has 0 aliphatic rings. The highest BCUT2D eigenvalue weighted by molar-refractivity contribution is 5.61. The molecule has 100 valence electrons. The van der Waals surface area contributed by atoms with E-state index in [2.05, 4.69) is 28.3 Å². The van der Waals surface area contributed by atoms with E-state index in [-0.39, 0.29) is 5.95 Å². The highest BCUT2D eigenvalue weighted by Gasteiger charge is 2.05. The molecule has 0 saturated heterocycles. The van der Waals surface area contributed by atoms with E-state index in [0.29, 0.717) is 11.7 Å². The van der Waals surface area contributed by atoms with Gasteiger partial charge < -0.3 is 15.8 Å². The van der Waals surface area contributed by atoms with Crippen molar-refractivity contribution in [3.8, 4) is 5.88 Å². The second-order valence-electron chi connectivity index (χ2n) is 4.19. The molecule has 0 aliphatic carbocycles. The van der Waals surface area contributed by atoms with Gasteiger partial charge in [0, 0.05) is 11.8 Å². The van der Waals surface area contributed by atoms with Gasteiger partial charge in [-0.1, -0.05) is 31.5 Å². The summed E-state index contributed by atoms with van der Waals surface area (Å²) in [5.41, 5.74) is 7.93. The normalized spacial score (nSPS) is 10.2. The minimum atomic E-state index is 0.190. The molecule has 0 saturated carbocycles. The molecule has 0 bridgehead atoms. The molecule has 2 rings (SSSR count). The lowest BCUT2D eigenvalue weighted by molar-refractivity contribution is 0.398. The van der Waals surface area contributed by atoms with Gasteiger partial charge in [0.1, 0.15) is 5.82 Å². The van der Waals surface area contributed by atoms with Crippen molar-refractivity contribution in [2.24, 2.45) is 0 Å². The van der Waals surface area contributed by atoms with Gasteiger partial charge in [-0.15, -0.1) is 0 Å². The van der Waals surface area contributed by atoms with Crippen molar-refractivity contribution in [1.29, 1.82) is 0 Å². The summed E-state index contributed by atoms with van der Waals surface area (Å²) >= 11 is 0. The Balaban J connectivity index is 2.28. The van der Waals surface area contributed by atoms with Gasteiger partial charge >= 0.3 is 0 Å². The van der Waals surface area contributed by atoms with Crippen molar-refractivity contribution in [2.75, 3.05) is 18.2 Å². The van der Waals surface area contributed by atoms with Gasteiger partial charge in [-0.25, -0.2) is 0 Å². The van der Waals surface area contributed by atoms with Crippen LogP contribution in [0, 0.1) is 0 Å². The SMILES string of the molecule is CCCc1ccccc1Nc1cc(OC)nc(N)n1. The first kappa shape index (κ1) is 13.1. The number of hydrogen-bond acceptors (Lipinski definition) is 5. The van der Waals surface area contributed by atoms with E-state index in [9.17, 15) is 0 Å².